The quantitative estimate of drug-likeness (QED) is 0.793. The van der Waals surface area contributed by atoms with Crippen LogP contribution < -0.4 is 0 Å². The van der Waals surface area contributed by atoms with Gasteiger partial charge in [0.15, 0.2) is 0 Å². The molecule has 0 saturated carbocycles. The third-order valence-electron chi connectivity index (χ3n) is 4.56. The Kier molecular flexibility index (Phi) is 4.06. The van der Waals surface area contributed by atoms with Crippen molar-refractivity contribution in [1.82, 2.24) is 9.80 Å². The van der Waals surface area contributed by atoms with Crippen LogP contribution in [0.2, 0.25) is 0 Å². The lowest BCUT2D eigenvalue weighted by Crippen LogP contribution is -2.44. The van der Waals surface area contributed by atoms with Crippen molar-refractivity contribution in [3.05, 3.63) is 35.9 Å². The van der Waals surface area contributed by atoms with E-state index in [2.05, 4.69) is 4.90 Å². The number of imide groups is 1. The second kappa shape index (κ2) is 5.98. The number of amides is 2. The number of carbonyl (C=O) groups excluding carboxylic acids is 2. The second-order valence-corrected chi connectivity index (χ2v) is 6.10. The third-order valence-corrected chi connectivity index (χ3v) is 4.56. The van der Waals surface area contributed by atoms with Crippen LogP contribution in [0.1, 0.15) is 31.7 Å². The lowest BCUT2D eigenvalue weighted by Gasteiger charge is -2.25. The number of carbonyl (C=O) groups is 2. The summed E-state index contributed by atoms with van der Waals surface area (Å²) < 4.78 is 0. The first-order valence-corrected chi connectivity index (χ1v) is 7.80. The molecule has 4 nitrogen and oxygen atoms in total. The summed E-state index contributed by atoms with van der Waals surface area (Å²) in [5.74, 6) is -0.00865. The van der Waals surface area contributed by atoms with Crippen LogP contribution in [-0.4, -0.2) is 46.8 Å². The van der Waals surface area contributed by atoms with Gasteiger partial charge in [-0.15, -0.1) is 0 Å². The molecule has 0 bridgehead atoms. The molecule has 1 aromatic rings. The van der Waals surface area contributed by atoms with Gasteiger partial charge in [-0.2, -0.15) is 0 Å². The molecule has 2 unspecified atom stereocenters. The zero-order chi connectivity index (χ0) is 14.8. The monoisotopic (exact) mass is 286 g/mol. The minimum absolute atomic E-state index is 0.00494. The third kappa shape index (κ3) is 2.86. The molecule has 0 radical (unpaired) electrons. The molecule has 2 aliphatic rings. The van der Waals surface area contributed by atoms with Crippen LogP contribution in [-0.2, 0) is 16.0 Å². The fourth-order valence-electron chi connectivity index (χ4n) is 3.48. The van der Waals surface area contributed by atoms with Gasteiger partial charge < -0.3 is 0 Å². The Balaban J connectivity index is 1.69. The second-order valence-electron chi connectivity index (χ2n) is 6.10. The molecular formula is C17H22N2O2. The molecule has 2 saturated heterocycles. The summed E-state index contributed by atoms with van der Waals surface area (Å²) in [5, 5.41) is 0. The van der Waals surface area contributed by atoms with E-state index >= 15 is 0 Å². The number of hydrogen-bond donors (Lipinski definition) is 0. The normalized spacial score (nSPS) is 24.8. The van der Waals surface area contributed by atoms with Gasteiger partial charge in [0.25, 0.3) is 0 Å². The van der Waals surface area contributed by atoms with Gasteiger partial charge in [0.2, 0.25) is 11.8 Å². The van der Waals surface area contributed by atoms with Crippen LogP contribution in [0, 0.1) is 0 Å². The zero-order valence-electron chi connectivity index (χ0n) is 12.5. The highest BCUT2D eigenvalue weighted by Crippen LogP contribution is 2.25. The predicted molar refractivity (Wildman–Crippen MR) is 80.7 cm³/mol. The van der Waals surface area contributed by atoms with Crippen LogP contribution in [0.25, 0.3) is 0 Å². The molecule has 112 valence electrons. The maximum atomic E-state index is 12.6. The van der Waals surface area contributed by atoms with E-state index in [1.807, 2.05) is 37.3 Å². The Bertz CT molecular complexity index is 523. The lowest BCUT2D eigenvalue weighted by molar-refractivity contribution is -0.141. The van der Waals surface area contributed by atoms with Crippen LogP contribution in [0.5, 0.6) is 0 Å². The van der Waals surface area contributed by atoms with E-state index in [4.69, 9.17) is 0 Å². The van der Waals surface area contributed by atoms with Crippen molar-refractivity contribution in [1.29, 1.82) is 0 Å². The molecule has 0 spiro atoms. The molecular weight excluding hydrogens is 264 g/mol. The van der Waals surface area contributed by atoms with Gasteiger partial charge in [-0.3, -0.25) is 19.4 Å². The summed E-state index contributed by atoms with van der Waals surface area (Å²) in [6.45, 7) is 3.87. The number of benzene rings is 1. The number of likely N-dealkylation sites (tertiary alicyclic amines) is 2. The summed E-state index contributed by atoms with van der Waals surface area (Å²) >= 11 is 0. The first-order valence-electron chi connectivity index (χ1n) is 7.80. The van der Waals surface area contributed by atoms with Crippen molar-refractivity contribution < 1.29 is 9.59 Å². The standard InChI is InChI=1S/C17H22N2O2/c1-13(11-14-7-3-2-4-8-14)19-16(20)12-15(17(19)21)18-9-5-6-10-18/h2-4,7-8,13,15H,5-6,9-12H2,1H3. The predicted octanol–water partition coefficient (Wildman–Crippen LogP) is 1.84. The van der Waals surface area contributed by atoms with Gasteiger partial charge in [0, 0.05) is 6.04 Å². The first-order chi connectivity index (χ1) is 10.2. The van der Waals surface area contributed by atoms with Crippen molar-refractivity contribution in [2.45, 2.75) is 44.7 Å². The van der Waals surface area contributed by atoms with E-state index in [9.17, 15) is 9.59 Å². The molecule has 3 rings (SSSR count). The van der Waals surface area contributed by atoms with Crippen LogP contribution in [0.3, 0.4) is 0 Å². The summed E-state index contributed by atoms with van der Waals surface area (Å²) in [4.78, 5) is 28.5. The Morgan fingerprint density at radius 1 is 1.14 bits per heavy atom. The Labute approximate surface area is 125 Å². The maximum Gasteiger partial charge on any atom is 0.247 e. The molecule has 0 aromatic heterocycles. The first kappa shape index (κ1) is 14.3. The molecule has 2 amide bonds. The van der Waals surface area contributed by atoms with Gasteiger partial charge in [0.1, 0.15) is 0 Å². The van der Waals surface area contributed by atoms with E-state index in [0.29, 0.717) is 6.42 Å². The highest BCUT2D eigenvalue weighted by Gasteiger charge is 2.44. The molecule has 0 aliphatic carbocycles. The molecule has 4 heteroatoms. The van der Waals surface area contributed by atoms with Crippen LogP contribution >= 0.6 is 0 Å². The average Bonchev–Trinajstić information content (AvgIpc) is 3.08. The molecule has 2 fully saturated rings. The lowest BCUT2D eigenvalue weighted by atomic mass is 10.1. The fourth-order valence-corrected chi connectivity index (χ4v) is 3.48. The number of hydrogen-bond acceptors (Lipinski definition) is 3. The van der Waals surface area contributed by atoms with Gasteiger partial charge in [-0.1, -0.05) is 30.3 Å². The van der Waals surface area contributed by atoms with Crippen molar-refractivity contribution >= 4 is 11.8 Å². The largest absolute Gasteiger partial charge is 0.292 e. The summed E-state index contributed by atoms with van der Waals surface area (Å²) in [6.07, 6.45) is 3.36. The molecule has 2 heterocycles. The van der Waals surface area contributed by atoms with Gasteiger partial charge in [-0.05, 0) is 44.8 Å². The maximum absolute atomic E-state index is 12.6. The van der Waals surface area contributed by atoms with Crippen molar-refractivity contribution in [2.75, 3.05) is 13.1 Å². The zero-order valence-corrected chi connectivity index (χ0v) is 12.5. The molecule has 21 heavy (non-hydrogen) atoms. The molecule has 2 aliphatic heterocycles. The topological polar surface area (TPSA) is 40.6 Å². The van der Waals surface area contributed by atoms with Gasteiger partial charge >= 0.3 is 0 Å². The number of rotatable bonds is 4. The van der Waals surface area contributed by atoms with Crippen LogP contribution in [0.4, 0.5) is 0 Å². The highest BCUT2D eigenvalue weighted by atomic mass is 16.2. The summed E-state index contributed by atoms with van der Waals surface area (Å²) in [7, 11) is 0. The van der Waals surface area contributed by atoms with Crippen molar-refractivity contribution in [2.24, 2.45) is 0 Å². The average molecular weight is 286 g/mol. The van der Waals surface area contributed by atoms with Crippen molar-refractivity contribution in [3.8, 4) is 0 Å². The van der Waals surface area contributed by atoms with Gasteiger partial charge in [-0.25, -0.2) is 0 Å². The SMILES string of the molecule is CC(Cc1ccccc1)N1C(=O)CC(N2CCCC2)C1=O. The van der Waals surface area contributed by atoms with E-state index in [1.165, 1.54) is 4.90 Å². The van der Waals surface area contributed by atoms with E-state index < -0.39 is 0 Å². The van der Waals surface area contributed by atoms with Crippen LogP contribution in [0.15, 0.2) is 30.3 Å². The summed E-state index contributed by atoms with van der Waals surface area (Å²) in [5.41, 5.74) is 1.16. The van der Waals surface area contributed by atoms with E-state index in [-0.39, 0.29) is 23.9 Å². The molecule has 0 N–H and O–H groups in total. The fraction of sp³-hybridized carbons (Fsp3) is 0.529. The minimum Gasteiger partial charge on any atom is -0.292 e. The molecule has 1 aromatic carbocycles. The number of nitrogens with zero attached hydrogens (tertiary/aromatic N) is 2. The van der Waals surface area contributed by atoms with Crippen molar-refractivity contribution in [3.63, 3.8) is 0 Å². The Hall–Kier alpha value is -1.68. The van der Waals surface area contributed by atoms with E-state index in [1.54, 1.807) is 0 Å². The molecule has 2 atom stereocenters. The summed E-state index contributed by atoms with van der Waals surface area (Å²) in [6, 6.07) is 9.76. The van der Waals surface area contributed by atoms with E-state index in [0.717, 1.165) is 37.9 Å². The Morgan fingerprint density at radius 2 is 1.81 bits per heavy atom. The highest BCUT2D eigenvalue weighted by molar-refractivity contribution is 6.05. The Morgan fingerprint density at radius 3 is 2.48 bits per heavy atom. The van der Waals surface area contributed by atoms with Gasteiger partial charge in [0.05, 0.1) is 12.5 Å². The minimum atomic E-state index is -0.210. The smallest absolute Gasteiger partial charge is 0.247 e.